The number of hydrogen-bond acceptors (Lipinski definition) is 2. The molecule has 2 heteroatoms. The van der Waals surface area contributed by atoms with E-state index in [1.165, 1.54) is 51.4 Å². The maximum Gasteiger partial charge on any atom is 0.107 e. The number of aliphatic hydroxyl groups excluding tert-OH is 1. The van der Waals surface area contributed by atoms with E-state index in [0.29, 0.717) is 0 Å². The summed E-state index contributed by atoms with van der Waals surface area (Å²) in [6.45, 7) is 8.79. The van der Waals surface area contributed by atoms with Gasteiger partial charge in [-0.15, -0.1) is 0 Å². The molecule has 0 aromatic carbocycles. The van der Waals surface area contributed by atoms with Crippen LogP contribution in [-0.2, 0) is 0 Å². The van der Waals surface area contributed by atoms with Crippen molar-refractivity contribution >= 4 is 0 Å². The zero-order valence-corrected chi connectivity index (χ0v) is 13.0. The van der Waals surface area contributed by atoms with Crippen LogP contribution in [0.15, 0.2) is 0 Å². The quantitative estimate of drug-likeness (QED) is 0.386. The van der Waals surface area contributed by atoms with Crippen LogP contribution in [0.2, 0.25) is 0 Å². The predicted molar refractivity (Wildman–Crippen MR) is 80.8 cm³/mol. The fraction of sp³-hybridized carbons (Fsp3) is 1.00. The van der Waals surface area contributed by atoms with Crippen molar-refractivity contribution in [1.29, 1.82) is 0 Å². The first-order valence-corrected chi connectivity index (χ1v) is 8.18. The molecule has 1 atom stereocenters. The van der Waals surface area contributed by atoms with Gasteiger partial charge in [0.15, 0.2) is 0 Å². The minimum absolute atomic E-state index is 0.210. The lowest BCUT2D eigenvalue weighted by Gasteiger charge is -2.27. The molecule has 0 aliphatic carbocycles. The number of nitrogens with zero attached hydrogens (tertiary/aromatic N) is 1. The number of unbranched alkanes of at least 4 members (excludes halogenated alkanes) is 6. The topological polar surface area (TPSA) is 23.5 Å². The first kappa shape index (κ1) is 17.9. The Balaban J connectivity index is 3.84. The second kappa shape index (κ2) is 13.4. The molecule has 0 aliphatic heterocycles. The summed E-state index contributed by atoms with van der Waals surface area (Å²) in [5, 5.41) is 10.1. The summed E-state index contributed by atoms with van der Waals surface area (Å²) in [5.74, 6) is 0. The highest BCUT2D eigenvalue weighted by Crippen LogP contribution is 2.10. The Morgan fingerprint density at radius 3 is 1.61 bits per heavy atom. The van der Waals surface area contributed by atoms with Gasteiger partial charge in [-0.3, -0.25) is 4.90 Å². The smallest absolute Gasteiger partial charge is 0.107 e. The van der Waals surface area contributed by atoms with E-state index in [-0.39, 0.29) is 6.23 Å². The van der Waals surface area contributed by atoms with E-state index in [4.69, 9.17) is 0 Å². The molecular weight excluding hydrogens is 222 g/mol. The van der Waals surface area contributed by atoms with E-state index in [2.05, 4.69) is 25.7 Å². The molecule has 110 valence electrons. The molecule has 18 heavy (non-hydrogen) atoms. The minimum atomic E-state index is -0.210. The Morgan fingerprint density at radius 1 is 0.722 bits per heavy atom. The fourth-order valence-electron chi connectivity index (χ4n) is 2.33. The summed E-state index contributed by atoms with van der Waals surface area (Å²) in [6.07, 6.45) is 12.1. The third-order valence-corrected chi connectivity index (χ3v) is 3.57. The summed E-state index contributed by atoms with van der Waals surface area (Å²) in [7, 11) is 0. The lowest BCUT2D eigenvalue weighted by Crippen LogP contribution is -2.36. The zero-order valence-electron chi connectivity index (χ0n) is 13.0. The van der Waals surface area contributed by atoms with Crippen molar-refractivity contribution in [2.45, 2.75) is 91.2 Å². The van der Waals surface area contributed by atoms with Crippen LogP contribution in [0.5, 0.6) is 0 Å². The fourth-order valence-corrected chi connectivity index (χ4v) is 2.33. The second-order valence-corrected chi connectivity index (χ2v) is 5.43. The van der Waals surface area contributed by atoms with Crippen LogP contribution in [0.3, 0.4) is 0 Å². The third-order valence-electron chi connectivity index (χ3n) is 3.57. The first-order valence-electron chi connectivity index (χ1n) is 8.18. The molecule has 1 N–H and O–H groups in total. The van der Waals surface area contributed by atoms with Crippen LogP contribution in [0.4, 0.5) is 0 Å². The molecule has 0 aromatic heterocycles. The molecule has 0 aliphatic rings. The van der Waals surface area contributed by atoms with Gasteiger partial charge in [0.1, 0.15) is 6.23 Å². The van der Waals surface area contributed by atoms with Gasteiger partial charge in [-0.05, 0) is 19.3 Å². The van der Waals surface area contributed by atoms with Crippen LogP contribution in [0.25, 0.3) is 0 Å². The molecule has 0 saturated heterocycles. The van der Waals surface area contributed by atoms with Crippen LogP contribution in [0.1, 0.15) is 85.0 Å². The average Bonchev–Trinajstić information content (AvgIpc) is 2.37. The Hall–Kier alpha value is -0.0800. The van der Waals surface area contributed by atoms with Crippen molar-refractivity contribution in [2.24, 2.45) is 0 Å². The van der Waals surface area contributed by atoms with E-state index in [1.807, 2.05) is 0 Å². The summed E-state index contributed by atoms with van der Waals surface area (Å²) in [4.78, 5) is 2.30. The van der Waals surface area contributed by atoms with Crippen molar-refractivity contribution < 1.29 is 5.11 Å². The van der Waals surface area contributed by atoms with Gasteiger partial charge in [0.2, 0.25) is 0 Å². The van der Waals surface area contributed by atoms with E-state index in [1.54, 1.807) is 0 Å². The maximum absolute atomic E-state index is 10.1. The molecular formula is C16H35NO. The molecule has 2 nitrogen and oxygen atoms in total. The van der Waals surface area contributed by atoms with Gasteiger partial charge in [-0.25, -0.2) is 0 Å². The van der Waals surface area contributed by atoms with Gasteiger partial charge in [0, 0.05) is 13.1 Å². The average molecular weight is 257 g/mol. The molecule has 0 rings (SSSR count). The van der Waals surface area contributed by atoms with E-state index in [0.717, 1.165) is 25.9 Å². The Labute approximate surface area is 115 Å². The highest BCUT2D eigenvalue weighted by atomic mass is 16.3. The molecule has 0 aromatic rings. The molecule has 1 unspecified atom stereocenters. The van der Waals surface area contributed by atoms with E-state index in [9.17, 15) is 5.11 Å². The van der Waals surface area contributed by atoms with E-state index >= 15 is 0 Å². The first-order chi connectivity index (χ1) is 8.76. The van der Waals surface area contributed by atoms with Crippen molar-refractivity contribution in [2.75, 3.05) is 13.1 Å². The molecule has 0 heterocycles. The van der Waals surface area contributed by atoms with Crippen molar-refractivity contribution in [3.63, 3.8) is 0 Å². The lowest BCUT2D eigenvalue weighted by atomic mass is 10.1. The summed E-state index contributed by atoms with van der Waals surface area (Å²) < 4.78 is 0. The predicted octanol–water partition coefficient (Wildman–Crippen LogP) is 4.57. The maximum atomic E-state index is 10.1. The van der Waals surface area contributed by atoms with Gasteiger partial charge >= 0.3 is 0 Å². The number of rotatable bonds is 13. The van der Waals surface area contributed by atoms with Crippen molar-refractivity contribution in [3.8, 4) is 0 Å². The SMILES string of the molecule is CCCCCCN(CCCCCC)C(O)CCC. The Kier molecular flexibility index (Phi) is 13.3. The highest BCUT2D eigenvalue weighted by molar-refractivity contribution is 4.62. The molecule has 0 radical (unpaired) electrons. The van der Waals surface area contributed by atoms with Gasteiger partial charge < -0.3 is 5.11 Å². The number of hydrogen-bond donors (Lipinski definition) is 1. The Morgan fingerprint density at radius 2 is 1.22 bits per heavy atom. The minimum Gasteiger partial charge on any atom is -0.378 e. The normalized spacial score (nSPS) is 13.2. The lowest BCUT2D eigenvalue weighted by molar-refractivity contribution is -0.00494. The van der Waals surface area contributed by atoms with Crippen LogP contribution < -0.4 is 0 Å². The zero-order chi connectivity index (χ0) is 13.6. The van der Waals surface area contributed by atoms with Gasteiger partial charge in [-0.1, -0.05) is 65.7 Å². The van der Waals surface area contributed by atoms with Crippen molar-refractivity contribution in [1.82, 2.24) is 4.90 Å². The highest BCUT2D eigenvalue weighted by Gasteiger charge is 2.13. The van der Waals surface area contributed by atoms with E-state index < -0.39 is 0 Å². The van der Waals surface area contributed by atoms with Gasteiger partial charge in [-0.2, -0.15) is 0 Å². The molecule has 0 spiro atoms. The van der Waals surface area contributed by atoms with Gasteiger partial charge in [0.25, 0.3) is 0 Å². The van der Waals surface area contributed by atoms with Crippen LogP contribution >= 0.6 is 0 Å². The molecule has 0 bridgehead atoms. The third kappa shape index (κ3) is 9.90. The summed E-state index contributed by atoms with van der Waals surface area (Å²) >= 11 is 0. The molecule has 0 amide bonds. The largest absolute Gasteiger partial charge is 0.378 e. The molecule has 0 saturated carbocycles. The van der Waals surface area contributed by atoms with Crippen LogP contribution in [0, 0.1) is 0 Å². The summed E-state index contributed by atoms with van der Waals surface area (Å²) in [6, 6.07) is 0. The number of aliphatic hydroxyl groups is 1. The second-order valence-electron chi connectivity index (χ2n) is 5.43. The van der Waals surface area contributed by atoms with Crippen molar-refractivity contribution in [3.05, 3.63) is 0 Å². The van der Waals surface area contributed by atoms with Gasteiger partial charge in [0.05, 0.1) is 0 Å². The summed E-state index contributed by atoms with van der Waals surface area (Å²) in [5.41, 5.74) is 0. The Bertz CT molecular complexity index is 149. The van der Waals surface area contributed by atoms with Crippen LogP contribution in [-0.4, -0.2) is 29.3 Å². The monoisotopic (exact) mass is 257 g/mol. The molecule has 0 fully saturated rings. The standard InChI is InChI=1S/C16H35NO/c1-4-7-9-11-14-17(16(18)13-6-3)15-12-10-8-5-2/h16,18H,4-15H2,1-3H3.